The summed E-state index contributed by atoms with van der Waals surface area (Å²) in [5.74, 6) is 0.278. The molecular weight excluding hydrogens is 565 g/mol. The van der Waals surface area contributed by atoms with Crippen molar-refractivity contribution in [3.05, 3.63) is 78.0 Å². The number of carbonyl (C=O) groups excluding carboxylic acids is 2. The number of ether oxygens (including phenoxy) is 1. The van der Waals surface area contributed by atoms with E-state index < -0.39 is 0 Å². The van der Waals surface area contributed by atoms with Gasteiger partial charge in [0.15, 0.2) is 0 Å². The minimum atomic E-state index is -0.356. The number of rotatable bonds is 6. The highest BCUT2D eigenvalue weighted by Gasteiger charge is 2.35. The highest BCUT2D eigenvalue weighted by molar-refractivity contribution is 9.11. The number of amides is 2. The van der Waals surface area contributed by atoms with Crippen LogP contribution in [-0.4, -0.2) is 22.7 Å². The molecule has 1 fully saturated rings. The number of carbonyl (C=O) groups is 2. The van der Waals surface area contributed by atoms with Crippen molar-refractivity contribution in [2.24, 2.45) is 0 Å². The van der Waals surface area contributed by atoms with Gasteiger partial charge in [0, 0.05) is 0 Å². The zero-order valence-electron chi connectivity index (χ0n) is 14.8. The Balaban J connectivity index is 1.82. The molecule has 2 amide bonds. The molecule has 1 saturated heterocycles. The average molecular weight is 578 g/mol. The van der Waals surface area contributed by atoms with E-state index in [0.29, 0.717) is 27.3 Å². The summed E-state index contributed by atoms with van der Waals surface area (Å²) in [6, 6.07) is 8.65. The van der Waals surface area contributed by atoms with Crippen molar-refractivity contribution in [1.29, 1.82) is 0 Å². The van der Waals surface area contributed by atoms with E-state index in [1.54, 1.807) is 30.4 Å². The quantitative estimate of drug-likeness (QED) is 0.267. The van der Waals surface area contributed by atoms with Crippen LogP contribution < -0.4 is 4.74 Å². The maximum atomic E-state index is 12.8. The summed E-state index contributed by atoms with van der Waals surface area (Å²) in [7, 11) is 0. The number of hydrogen-bond acceptors (Lipinski definition) is 4. The van der Waals surface area contributed by atoms with Crippen molar-refractivity contribution >= 4 is 84.0 Å². The Morgan fingerprint density at radius 1 is 1.10 bits per heavy atom. The molecule has 1 heterocycles. The van der Waals surface area contributed by atoms with Crippen molar-refractivity contribution in [3.63, 3.8) is 0 Å². The molecular formula is C20H13Br2Cl2NO3S. The molecule has 9 heteroatoms. The van der Waals surface area contributed by atoms with Crippen LogP contribution in [0.1, 0.15) is 11.1 Å². The van der Waals surface area contributed by atoms with Crippen molar-refractivity contribution in [2.45, 2.75) is 6.54 Å². The van der Waals surface area contributed by atoms with Crippen LogP contribution in [-0.2, 0) is 11.3 Å². The Morgan fingerprint density at radius 3 is 2.41 bits per heavy atom. The van der Waals surface area contributed by atoms with Gasteiger partial charge in [-0.15, -0.1) is 0 Å². The third kappa shape index (κ3) is 5.27. The molecule has 0 saturated carbocycles. The lowest BCUT2D eigenvalue weighted by Crippen LogP contribution is -2.27. The smallest absolute Gasteiger partial charge is 0.293 e. The van der Waals surface area contributed by atoms with Crippen LogP contribution in [0.3, 0.4) is 0 Å². The molecule has 0 unspecified atom stereocenters. The third-order valence-corrected chi connectivity index (χ3v) is 6.69. The van der Waals surface area contributed by atoms with Gasteiger partial charge in [0.05, 0.1) is 30.4 Å². The molecule has 0 aliphatic carbocycles. The fraction of sp³-hybridized carbons (Fsp3) is 0.100. The molecule has 2 aromatic carbocycles. The number of benzene rings is 2. The van der Waals surface area contributed by atoms with Crippen molar-refractivity contribution in [1.82, 2.24) is 4.90 Å². The summed E-state index contributed by atoms with van der Waals surface area (Å²) in [6.45, 7) is 4.12. The van der Waals surface area contributed by atoms with Gasteiger partial charge in [-0.2, -0.15) is 0 Å². The first kappa shape index (κ1) is 22.4. The van der Waals surface area contributed by atoms with E-state index in [1.165, 1.54) is 4.90 Å². The average Bonchev–Trinajstić information content (AvgIpc) is 2.91. The van der Waals surface area contributed by atoms with Crippen molar-refractivity contribution < 1.29 is 14.3 Å². The van der Waals surface area contributed by atoms with E-state index in [9.17, 15) is 9.59 Å². The highest BCUT2D eigenvalue weighted by Crippen LogP contribution is 2.38. The number of hydrogen-bond donors (Lipinski definition) is 0. The van der Waals surface area contributed by atoms with Gasteiger partial charge in [0.25, 0.3) is 11.1 Å². The predicted molar refractivity (Wildman–Crippen MR) is 126 cm³/mol. The molecule has 3 rings (SSSR count). The van der Waals surface area contributed by atoms with Crippen molar-refractivity contribution in [3.8, 4) is 5.75 Å². The normalized spacial score (nSPS) is 15.3. The third-order valence-electron chi connectivity index (χ3n) is 3.86. The molecule has 150 valence electrons. The van der Waals surface area contributed by atoms with Gasteiger partial charge in [-0.05, 0) is 85.1 Å². The minimum absolute atomic E-state index is 0.126. The minimum Gasteiger partial charge on any atom is -0.487 e. The number of halogens is 4. The van der Waals surface area contributed by atoms with Gasteiger partial charge in [-0.25, -0.2) is 0 Å². The molecule has 0 N–H and O–H groups in total. The molecule has 0 spiro atoms. The predicted octanol–water partition coefficient (Wildman–Crippen LogP) is 7.32. The maximum absolute atomic E-state index is 12.8. The zero-order valence-corrected chi connectivity index (χ0v) is 20.3. The Bertz CT molecular complexity index is 1020. The van der Waals surface area contributed by atoms with E-state index in [4.69, 9.17) is 27.9 Å². The van der Waals surface area contributed by atoms with Gasteiger partial charge in [0.1, 0.15) is 12.4 Å². The topological polar surface area (TPSA) is 46.6 Å². The fourth-order valence-electron chi connectivity index (χ4n) is 2.55. The standard InChI is InChI=1S/C20H13Br2Cl2NO3S/c1-2-5-28-18-13(21)6-12(7-14(18)22)9-17-19(26)25(20(27)29-17)10-11-3-4-15(23)16(24)8-11/h2-4,6-9H,1,5,10H2/b17-9-. The summed E-state index contributed by atoms with van der Waals surface area (Å²) < 4.78 is 7.03. The first-order chi connectivity index (χ1) is 13.8. The van der Waals surface area contributed by atoms with E-state index in [0.717, 1.165) is 31.8 Å². The monoisotopic (exact) mass is 575 g/mol. The second-order valence-corrected chi connectivity index (χ2v) is 9.45. The fourth-order valence-corrected chi connectivity index (χ4v) is 5.16. The van der Waals surface area contributed by atoms with Gasteiger partial charge in [0.2, 0.25) is 0 Å². The summed E-state index contributed by atoms with van der Waals surface area (Å²) in [5.41, 5.74) is 1.46. The summed E-state index contributed by atoms with van der Waals surface area (Å²) in [6.07, 6.45) is 3.32. The van der Waals surface area contributed by atoms with Crippen LogP contribution in [0.4, 0.5) is 4.79 Å². The van der Waals surface area contributed by atoms with Crippen LogP contribution in [0.5, 0.6) is 5.75 Å². The molecule has 2 aromatic rings. The number of thioether (sulfide) groups is 1. The van der Waals surface area contributed by atoms with E-state index >= 15 is 0 Å². The van der Waals surface area contributed by atoms with Crippen LogP contribution in [0.25, 0.3) is 6.08 Å². The zero-order chi connectivity index (χ0) is 21.1. The molecule has 0 radical (unpaired) electrons. The van der Waals surface area contributed by atoms with Crippen molar-refractivity contribution in [2.75, 3.05) is 6.61 Å². The summed E-state index contributed by atoms with van der Waals surface area (Å²) in [5, 5.41) is 0.456. The van der Waals surface area contributed by atoms with E-state index in [1.807, 2.05) is 12.1 Å². The van der Waals surface area contributed by atoms with Gasteiger partial charge < -0.3 is 4.74 Å². The molecule has 1 aliphatic heterocycles. The molecule has 0 bridgehead atoms. The van der Waals surface area contributed by atoms with E-state index in [-0.39, 0.29) is 17.7 Å². The van der Waals surface area contributed by atoms with Gasteiger partial charge in [-0.3, -0.25) is 14.5 Å². The highest BCUT2D eigenvalue weighted by atomic mass is 79.9. The number of imide groups is 1. The Labute approximate surface area is 199 Å². The molecule has 0 atom stereocenters. The maximum Gasteiger partial charge on any atom is 0.293 e. The lowest BCUT2D eigenvalue weighted by molar-refractivity contribution is -0.123. The van der Waals surface area contributed by atoms with Crippen LogP contribution in [0.2, 0.25) is 10.0 Å². The SMILES string of the molecule is C=CCOc1c(Br)cc(/C=C2\SC(=O)N(Cc3ccc(Cl)c(Cl)c3)C2=O)cc1Br. The van der Waals surface area contributed by atoms with Crippen LogP contribution in [0.15, 0.2) is 56.8 Å². The Morgan fingerprint density at radius 2 is 1.79 bits per heavy atom. The van der Waals surface area contributed by atoms with Gasteiger partial charge in [-0.1, -0.05) is 41.9 Å². The summed E-state index contributed by atoms with van der Waals surface area (Å²) in [4.78, 5) is 26.6. The Kier molecular flexibility index (Phi) is 7.51. The number of nitrogens with zero attached hydrogens (tertiary/aromatic N) is 1. The molecule has 4 nitrogen and oxygen atoms in total. The lowest BCUT2D eigenvalue weighted by Gasteiger charge is -2.13. The second kappa shape index (κ2) is 9.71. The first-order valence-electron chi connectivity index (χ1n) is 8.22. The summed E-state index contributed by atoms with van der Waals surface area (Å²) >= 11 is 19.8. The van der Waals surface area contributed by atoms with Crippen LogP contribution >= 0.6 is 66.8 Å². The molecule has 29 heavy (non-hydrogen) atoms. The second-order valence-electron chi connectivity index (χ2n) is 5.93. The van der Waals surface area contributed by atoms with E-state index in [2.05, 4.69) is 38.4 Å². The largest absolute Gasteiger partial charge is 0.487 e. The Hall–Kier alpha value is -1.25. The van der Waals surface area contributed by atoms with Gasteiger partial charge >= 0.3 is 0 Å². The lowest BCUT2D eigenvalue weighted by atomic mass is 10.2. The first-order valence-corrected chi connectivity index (χ1v) is 11.4. The molecule has 1 aliphatic rings. The molecule has 0 aromatic heterocycles. The van der Waals surface area contributed by atoms with Crippen LogP contribution in [0, 0.1) is 0 Å².